The van der Waals surface area contributed by atoms with Crippen molar-refractivity contribution in [2.45, 2.75) is 57.5 Å². The standard InChI is InChI=1S/C26H31N5O2S/c1-17-9-12-27-24(15-17)30-23-4-2-3-21(29-23)22-16-28-25(34-22)18-5-7-19(8-6-18)26(33)31-13-10-20(32)11-14-31/h2-4,9,12,15-16,18-20,32H,5-8,10-11,13-14H2,1H3,(H,27,29,30)/t18-,19-. The molecule has 5 rings (SSSR count). The van der Waals surface area contributed by atoms with E-state index in [2.05, 4.69) is 10.3 Å². The minimum absolute atomic E-state index is 0.116. The summed E-state index contributed by atoms with van der Waals surface area (Å²) < 4.78 is 0. The van der Waals surface area contributed by atoms with Crippen LogP contribution in [0.4, 0.5) is 11.6 Å². The van der Waals surface area contributed by atoms with Crippen molar-refractivity contribution in [2.75, 3.05) is 18.4 Å². The van der Waals surface area contributed by atoms with Gasteiger partial charge in [-0.15, -0.1) is 11.3 Å². The fourth-order valence-electron chi connectivity index (χ4n) is 4.90. The highest BCUT2D eigenvalue weighted by Gasteiger charge is 2.32. The van der Waals surface area contributed by atoms with E-state index in [-0.39, 0.29) is 17.9 Å². The summed E-state index contributed by atoms with van der Waals surface area (Å²) >= 11 is 1.71. The first kappa shape index (κ1) is 22.9. The minimum atomic E-state index is -0.246. The summed E-state index contributed by atoms with van der Waals surface area (Å²) in [5.74, 6) is 2.34. The maximum absolute atomic E-state index is 12.9. The molecule has 3 aromatic heterocycles. The molecule has 8 heteroatoms. The molecule has 7 nitrogen and oxygen atoms in total. The van der Waals surface area contributed by atoms with E-state index in [4.69, 9.17) is 9.97 Å². The molecule has 2 fully saturated rings. The van der Waals surface area contributed by atoms with E-state index in [1.807, 2.05) is 48.4 Å². The Kier molecular flexibility index (Phi) is 6.87. The molecule has 1 amide bonds. The van der Waals surface area contributed by atoms with Crippen LogP contribution in [0.5, 0.6) is 0 Å². The Hall–Kier alpha value is -2.84. The van der Waals surface area contributed by atoms with Crippen molar-refractivity contribution in [3.8, 4) is 10.6 Å². The number of hydrogen-bond donors (Lipinski definition) is 2. The van der Waals surface area contributed by atoms with Crippen molar-refractivity contribution in [3.63, 3.8) is 0 Å². The Morgan fingerprint density at radius 1 is 1.06 bits per heavy atom. The van der Waals surface area contributed by atoms with Gasteiger partial charge >= 0.3 is 0 Å². The SMILES string of the molecule is Cc1ccnc(Nc2cccc(-c3cnc([C@H]4CC[C@H](C(=O)N5CCC(O)CC5)CC4)s3)n2)c1. The number of nitrogens with one attached hydrogen (secondary N) is 1. The van der Waals surface area contributed by atoms with E-state index in [0.717, 1.165) is 58.5 Å². The van der Waals surface area contributed by atoms with Gasteiger partial charge in [-0.3, -0.25) is 4.79 Å². The Bertz CT molecular complexity index is 1130. The molecule has 0 radical (unpaired) electrons. The lowest BCUT2D eigenvalue weighted by atomic mass is 9.81. The first-order valence-electron chi connectivity index (χ1n) is 12.1. The van der Waals surface area contributed by atoms with Crippen LogP contribution in [0.1, 0.15) is 55.0 Å². The number of likely N-dealkylation sites (tertiary alicyclic amines) is 1. The maximum Gasteiger partial charge on any atom is 0.225 e. The summed E-state index contributed by atoms with van der Waals surface area (Å²) in [4.78, 5) is 29.8. The topological polar surface area (TPSA) is 91.2 Å². The second-order valence-corrected chi connectivity index (χ2v) is 10.5. The molecule has 2 aliphatic rings. The lowest BCUT2D eigenvalue weighted by Crippen LogP contribution is -2.43. The predicted octanol–water partition coefficient (Wildman–Crippen LogP) is 4.91. The van der Waals surface area contributed by atoms with Crippen LogP contribution >= 0.6 is 11.3 Å². The molecular weight excluding hydrogens is 446 g/mol. The third-order valence-corrected chi connectivity index (χ3v) is 8.08. The maximum atomic E-state index is 12.9. The first-order chi connectivity index (χ1) is 16.5. The zero-order chi connectivity index (χ0) is 23.5. The number of thiazole rings is 1. The molecule has 2 N–H and O–H groups in total. The normalized spacial score (nSPS) is 21.4. The second kappa shape index (κ2) is 10.2. The molecule has 1 saturated heterocycles. The summed E-state index contributed by atoms with van der Waals surface area (Å²) in [6, 6.07) is 9.91. The van der Waals surface area contributed by atoms with Crippen LogP contribution in [-0.2, 0) is 4.79 Å². The third-order valence-electron chi connectivity index (χ3n) is 6.90. The summed E-state index contributed by atoms with van der Waals surface area (Å²) in [5, 5.41) is 14.1. The third kappa shape index (κ3) is 5.28. The number of anilines is 2. The molecule has 178 valence electrons. The van der Waals surface area contributed by atoms with E-state index in [1.165, 1.54) is 0 Å². The van der Waals surface area contributed by atoms with E-state index < -0.39 is 0 Å². The molecule has 0 spiro atoms. The predicted molar refractivity (Wildman–Crippen MR) is 134 cm³/mol. The summed E-state index contributed by atoms with van der Waals surface area (Å²) in [6.45, 7) is 3.42. The molecule has 0 atom stereocenters. The number of piperidine rings is 1. The largest absolute Gasteiger partial charge is 0.393 e. The number of carbonyl (C=O) groups is 1. The van der Waals surface area contributed by atoms with Crippen molar-refractivity contribution in [3.05, 3.63) is 53.3 Å². The van der Waals surface area contributed by atoms with Gasteiger partial charge in [-0.2, -0.15) is 0 Å². The number of nitrogens with zero attached hydrogens (tertiary/aromatic N) is 4. The summed E-state index contributed by atoms with van der Waals surface area (Å²) in [7, 11) is 0. The molecule has 0 aromatic carbocycles. The summed E-state index contributed by atoms with van der Waals surface area (Å²) in [6.07, 6.45) is 8.69. The van der Waals surface area contributed by atoms with Gasteiger partial charge in [0.1, 0.15) is 11.6 Å². The molecule has 1 aliphatic heterocycles. The first-order valence-corrected chi connectivity index (χ1v) is 13.0. The Labute approximate surface area is 204 Å². The molecule has 1 saturated carbocycles. The molecule has 0 bridgehead atoms. The van der Waals surface area contributed by atoms with Crippen LogP contribution in [0.15, 0.2) is 42.7 Å². The summed E-state index contributed by atoms with van der Waals surface area (Å²) in [5.41, 5.74) is 2.05. The Morgan fingerprint density at radius 3 is 2.62 bits per heavy atom. The second-order valence-electron chi connectivity index (χ2n) is 9.42. The molecule has 3 aromatic rings. The number of aryl methyl sites for hydroxylation is 1. The van der Waals surface area contributed by atoms with Gasteiger partial charge in [-0.05, 0) is 75.3 Å². The number of aliphatic hydroxyl groups excluding tert-OH is 1. The fourth-order valence-corrected chi connectivity index (χ4v) is 5.96. The van der Waals surface area contributed by atoms with E-state index in [9.17, 15) is 9.90 Å². The average Bonchev–Trinajstić information content (AvgIpc) is 3.35. The van der Waals surface area contributed by atoms with Gasteiger partial charge in [0.2, 0.25) is 5.91 Å². The van der Waals surface area contributed by atoms with E-state index >= 15 is 0 Å². The van der Waals surface area contributed by atoms with Crippen molar-refractivity contribution in [1.29, 1.82) is 0 Å². The highest BCUT2D eigenvalue weighted by atomic mass is 32.1. The molecule has 4 heterocycles. The highest BCUT2D eigenvalue weighted by molar-refractivity contribution is 7.15. The number of rotatable bonds is 5. The number of carbonyl (C=O) groups excluding carboxylic acids is 1. The number of hydrogen-bond acceptors (Lipinski definition) is 7. The smallest absolute Gasteiger partial charge is 0.225 e. The van der Waals surface area contributed by atoms with Gasteiger partial charge in [-0.1, -0.05) is 6.07 Å². The van der Waals surface area contributed by atoms with Crippen LogP contribution in [-0.4, -0.2) is 50.1 Å². The van der Waals surface area contributed by atoms with Crippen molar-refractivity contribution >= 4 is 28.9 Å². The average molecular weight is 478 g/mol. The number of aromatic nitrogens is 3. The lowest BCUT2D eigenvalue weighted by molar-refractivity contribution is -0.138. The number of amides is 1. The van der Waals surface area contributed by atoms with Gasteiger partial charge in [0.15, 0.2) is 0 Å². The van der Waals surface area contributed by atoms with Crippen LogP contribution in [0.2, 0.25) is 0 Å². The molecule has 1 aliphatic carbocycles. The van der Waals surface area contributed by atoms with Crippen molar-refractivity contribution in [2.24, 2.45) is 5.92 Å². The quantitative estimate of drug-likeness (QED) is 0.543. The Morgan fingerprint density at radius 2 is 1.85 bits per heavy atom. The fraction of sp³-hybridized carbons (Fsp3) is 0.462. The van der Waals surface area contributed by atoms with Gasteiger partial charge in [-0.25, -0.2) is 15.0 Å². The van der Waals surface area contributed by atoms with Crippen LogP contribution in [0, 0.1) is 12.8 Å². The van der Waals surface area contributed by atoms with E-state index in [0.29, 0.717) is 31.8 Å². The van der Waals surface area contributed by atoms with Gasteiger partial charge < -0.3 is 15.3 Å². The molecular formula is C26H31N5O2S. The van der Waals surface area contributed by atoms with Gasteiger partial charge in [0.05, 0.1) is 21.7 Å². The zero-order valence-corrected chi connectivity index (χ0v) is 20.3. The van der Waals surface area contributed by atoms with Crippen LogP contribution < -0.4 is 5.32 Å². The number of pyridine rings is 2. The van der Waals surface area contributed by atoms with Crippen molar-refractivity contribution < 1.29 is 9.90 Å². The molecule has 34 heavy (non-hydrogen) atoms. The van der Waals surface area contributed by atoms with Crippen LogP contribution in [0.3, 0.4) is 0 Å². The highest BCUT2D eigenvalue weighted by Crippen LogP contribution is 2.40. The number of aliphatic hydroxyl groups is 1. The monoisotopic (exact) mass is 477 g/mol. The van der Waals surface area contributed by atoms with E-state index in [1.54, 1.807) is 17.5 Å². The van der Waals surface area contributed by atoms with Crippen LogP contribution in [0.25, 0.3) is 10.6 Å². The van der Waals surface area contributed by atoms with Gasteiger partial charge in [0.25, 0.3) is 0 Å². The Balaban J connectivity index is 1.20. The lowest BCUT2D eigenvalue weighted by Gasteiger charge is -2.34. The van der Waals surface area contributed by atoms with Gasteiger partial charge in [0, 0.05) is 37.3 Å². The minimum Gasteiger partial charge on any atom is -0.393 e. The van der Waals surface area contributed by atoms with Crippen molar-refractivity contribution in [1.82, 2.24) is 19.9 Å². The zero-order valence-electron chi connectivity index (χ0n) is 19.5. The molecule has 0 unspecified atom stereocenters.